The molecular formula is C62H45N3. The highest BCUT2D eigenvalue weighted by Crippen LogP contribution is 2.53. The van der Waals surface area contributed by atoms with E-state index in [-0.39, 0.29) is 12.1 Å². The monoisotopic (exact) mass is 833 g/mol. The molecule has 0 saturated heterocycles. The lowest BCUT2D eigenvalue weighted by Gasteiger charge is -2.25. The minimum Gasteiger partial charge on any atom is -0.311 e. The first-order valence-electron chi connectivity index (χ1n) is 23.1. The lowest BCUT2D eigenvalue weighted by Crippen LogP contribution is -2.15. The largest absolute Gasteiger partial charge is 0.311 e. The molecule has 0 fully saturated rings. The lowest BCUT2D eigenvalue weighted by molar-refractivity contribution is 0.661. The summed E-state index contributed by atoms with van der Waals surface area (Å²) in [6, 6.07) is 80.0. The Morgan fingerprint density at radius 2 is 1.00 bits per heavy atom. The minimum atomic E-state index is -0.391. The van der Waals surface area contributed by atoms with Gasteiger partial charge in [-0.15, -0.1) is 0 Å². The summed E-state index contributed by atoms with van der Waals surface area (Å²) >= 11 is 0. The van der Waals surface area contributed by atoms with Gasteiger partial charge in [0.05, 0.1) is 25.6 Å². The van der Waals surface area contributed by atoms with Crippen LogP contribution in [0.1, 0.15) is 44.4 Å². The average molecular weight is 834 g/mol. The number of benzene rings is 9. The first-order valence-corrected chi connectivity index (χ1v) is 22.1. The van der Waals surface area contributed by atoms with E-state index < -0.39 is 5.41 Å². The second-order valence-corrected chi connectivity index (χ2v) is 17.1. The van der Waals surface area contributed by atoms with Crippen molar-refractivity contribution in [3.05, 3.63) is 252 Å². The standard InChI is InChI=1S/C62H45N3/c1-62(2)57-39-44(24-23-43-25-32-51(33-26-43)64(50-21-13-6-14-22-50)52-34-27-45(42-63)28-35-52)29-38-54(57)55-40-56-59(41-58(55)62)65(53-36-30-47(31-37-53)46-15-7-3-8-16-46)61(49-19-11-5-12-20-49)60(56)48-17-9-4-10-18-48/h3-41H,1-2H3/b24-23+/i23D,24D. The van der Waals surface area contributed by atoms with E-state index in [1.165, 1.54) is 33.2 Å². The molecule has 308 valence electrons. The second-order valence-electron chi connectivity index (χ2n) is 17.1. The number of aromatic nitrogens is 1. The van der Waals surface area contributed by atoms with Gasteiger partial charge in [0.15, 0.2) is 0 Å². The molecular weight excluding hydrogens is 787 g/mol. The Hall–Kier alpha value is -8.45. The molecule has 1 heterocycles. The quantitative estimate of drug-likeness (QED) is 0.136. The lowest BCUT2D eigenvalue weighted by atomic mass is 9.81. The maximum Gasteiger partial charge on any atom is 0.0991 e. The van der Waals surface area contributed by atoms with Crippen LogP contribution < -0.4 is 4.90 Å². The van der Waals surface area contributed by atoms with Crippen LogP contribution in [0.2, 0.25) is 0 Å². The van der Waals surface area contributed by atoms with Crippen molar-refractivity contribution in [1.29, 1.82) is 5.26 Å². The van der Waals surface area contributed by atoms with E-state index >= 15 is 0 Å². The minimum absolute atomic E-state index is 0.156. The van der Waals surface area contributed by atoms with E-state index in [1.807, 2.05) is 84.9 Å². The zero-order valence-electron chi connectivity index (χ0n) is 38.2. The molecule has 3 nitrogen and oxygen atoms in total. The van der Waals surface area contributed by atoms with Crippen molar-refractivity contribution < 1.29 is 2.74 Å². The van der Waals surface area contributed by atoms with E-state index in [0.717, 1.165) is 56.2 Å². The number of hydrogen-bond donors (Lipinski definition) is 0. The first-order chi connectivity index (χ1) is 32.8. The van der Waals surface area contributed by atoms with Crippen molar-refractivity contribution >= 4 is 40.1 Å². The van der Waals surface area contributed by atoms with E-state index in [0.29, 0.717) is 16.7 Å². The third-order valence-electron chi connectivity index (χ3n) is 12.9. The van der Waals surface area contributed by atoms with Crippen LogP contribution in [0, 0.1) is 11.3 Å². The van der Waals surface area contributed by atoms with Crippen molar-refractivity contribution in [2.75, 3.05) is 4.90 Å². The Morgan fingerprint density at radius 1 is 0.492 bits per heavy atom. The number of nitrogens with zero attached hydrogens (tertiary/aromatic N) is 3. The fourth-order valence-corrected chi connectivity index (χ4v) is 9.61. The Morgan fingerprint density at radius 3 is 1.63 bits per heavy atom. The molecule has 1 aromatic heterocycles. The molecule has 0 amide bonds. The summed E-state index contributed by atoms with van der Waals surface area (Å²) in [5, 5.41) is 10.6. The van der Waals surface area contributed by atoms with Crippen LogP contribution >= 0.6 is 0 Å². The van der Waals surface area contributed by atoms with Crippen LogP contribution in [0.5, 0.6) is 0 Å². The molecule has 11 rings (SSSR count). The normalized spacial score (nSPS) is 13.2. The highest BCUT2D eigenvalue weighted by atomic mass is 15.1. The third-order valence-corrected chi connectivity index (χ3v) is 12.9. The number of nitriles is 1. The van der Waals surface area contributed by atoms with Crippen LogP contribution in [-0.4, -0.2) is 4.57 Å². The molecule has 0 bridgehead atoms. The summed E-state index contributed by atoms with van der Waals surface area (Å²) < 4.78 is 21.2. The summed E-state index contributed by atoms with van der Waals surface area (Å²) in [5.74, 6) is 0. The van der Waals surface area contributed by atoms with Gasteiger partial charge in [0, 0.05) is 39.1 Å². The first kappa shape index (κ1) is 37.1. The summed E-state index contributed by atoms with van der Waals surface area (Å²) in [4.78, 5) is 2.12. The third kappa shape index (κ3) is 7.12. The van der Waals surface area contributed by atoms with Crippen molar-refractivity contribution in [1.82, 2.24) is 4.57 Å². The Bertz CT molecular complexity index is 3520. The molecule has 0 radical (unpaired) electrons. The smallest absolute Gasteiger partial charge is 0.0991 e. The zero-order chi connectivity index (χ0) is 45.6. The fourth-order valence-electron chi connectivity index (χ4n) is 9.61. The maximum atomic E-state index is 9.42. The number of hydrogen-bond acceptors (Lipinski definition) is 2. The van der Waals surface area contributed by atoms with Gasteiger partial charge < -0.3 is 9.47 Å². The van der Waals surface area contributed by atoms with Gasteiger partial charge in [-0.1, -0.05) is 178 Å². The summed E-state index contributed by atoms with van der Waals surface area (Å²) in [6.45, 7) is 4.57. The number of fused-ring (bicyclic) bond motifs is 4. The van der Waals surface area contributed by atoms with E-state index in [4.69, 9.17) is 0 Å². The molecule has 0 aliphatic heterocycles. The molecule has 0 spiro atoms. The summed E-state index contributed by atoms with van der Waals surface area (Å²) in [6.07, 6.45) is 0. The van der Waals surface area contributed by atoms with E-state index in [9.17, 15) is 8.00 Å². The van der Waals surface area contributed by atoms with Gasteiger partial charge in [-0.2, -0.15) is 5.26 Å². The van der Waals surface area contributed by atoms with Crippen molar-refractivity contribution in [3.63, 3.8) is 0 Å². The molecule has 0 N–H and O–H groups in total. The number of para-hydroxylation sites is 1. The van der Waals surface area contributed by atoms with Gasteiger partial charge in [-0.25, -0.2) is 0 Å². The van der Waals surface area contributed by atoms with Crippen LogP contribution in [0.3, 0.4) is 0 Å². The summed E-state index contributed by atoms with van der Waals surface area (Å²) in [7, 11) is 0. The van der Waals surface area contributed by atoms with Crippen LogP contribution in [0.4, 0.5) is 17.1 Å². The highest BCUT2D eigenvalue weighted by Gasteiger charge is 2.37. The molecule has 1 aliphatic carbocycles. The Labute approximate surface area is 383 Å². The van der Waals surface area contributed by atoms with Crippen molar-refractivity contribution in [2.45, 2.75) is 19.3 Å². The van der Waals surface area contributed by atoms with E-state index in [1.54, 1.807) is 0 Å². The van der Waals surface area contributed by atoms with Gasteiger partial charge in [-0.3, -0.25) is 0 Å². The van der Waals surface area contributed by atoms with Gasteiger partial charge in [0.2, 0.25) is 0 Å². The summed E-state index contributed by atoms with van der Waals surface area (Å²) in [5.41, 5.74) is 18.3. The van der Waals surface area contributed by atoms with Gasteiger partial charge in [0.25, 0.3) is 0 Å². The van der Waals surface area contributed by atoms with Gasteiger partial charge in [0.1, 0.15) is 0 Å². The fraction of sp³-hybridized carbons (Fsp3) is 0.0484. The number of rotatable bonds is 9. The maximum absolute atomic E-state index is 9.42. The van der Waals surface area contributed by atoms with E-state index in [2.05, 4.69) is 169 Å². The predicted molar refractivity (Wildman–Crippen MR) is 272 cm³/mol. The van der Waals surface area contributed by atoms with Gasteiger partial charge >= 0.3 is 0 Å². The predicted octanol–water partition coefficient (Wildman–Crippen LogP) is 16.4. The zero-order valence-corrected chi connectivity index (χ0v) is 36.2. The molecule has 10 aromatic rings. The molecule has 0 unspecified atom stereocenters. The van der Waals surface area contributed by atoms with Gasteiger partial charge in [-0.05, 0) is 128 Å². The van der Waals surface area contributed by atoms with Crippen LogP contribution in [-0.2, 0) is 5.41 Å². The molecule has 3 heteroatoms. The second kappa shape index (κ2) is 16.3. The Balaban J connectivity index is 1.01. The molecule has 0 atom stereocenters. The highest BCUT2D eigenvalue weighted by molar-refractivity contribution is 6.08. The van der Waals surface area contributed by atoms with Crippen molar-refractivity contribution in [2.24, 2.45) is 0 Å². The topological polar surface area (TPSA) is 32.0 Å². The molecule has 1 aliphatic rings. The molecule has 0 saturated carbocycles. The van der Waals surface area contributed by atoms with Crippen LogP contribution in [0.15, 0.2) is 224 Å². The average Bonchev–Trinajstić information content (AvgIpc) is 3.84. The molecule has 65 heavy (non-hydrogen) atoms. The van der Waals surface area contributed by atoms with Crippen LogP contribution in [0.25, 0.3) is 73.3 Å². The number of anilines is 3. The molecule has 9 aromatic carbocycles. The SMILES string of the molecule is [2H]/C(=C(/[2H])c1ccc2c(c1)C(C)(C)c1cc3c(cc1-2)c(-c1ccccc1)c(-c1ccccc1)n3-c1ccc(-c2ccccc2)cc1)c1ccc(N(c2ccccc2)c2ccc(C#N)cc2)cc1. The van der Waals surface area contributed by atoms with Crippen molar-refractivity contribution in [3.8, 4) is 56.4 Å². The Kier molecular flexibility index (Phi) is 9.34.